The fraction of sp³-hybridized carbons (Fsp3) is 0.217. The average Bonchev–Trinajstić information content (AvgIpc) is 3.33. The summed E-state index contributed by atoms with van der Waals surface area (Å²) in [5.41, 5.74) is 0.548. The molecule has 0 amide bonds. The highest BCUT2D eigenvalue weighted by Crippen LogP contribution is 2.40. The second-order valence-electron chi connectivity index (χ2n) is 7.64. The minimum Gasteiger partial charge on any atom is -0.459 e. The summed E-state index contributed by atoms with van der Waals surface area (Å²) < 4.78 is 24.7. The first-order chi connectivity index (χ1) is 16.4. The smallest absolute Gasteiger partial charge is 0.338 e. The van der Waals surface area contributed by atoms with Crippen molar-refractivity contribution in [3.63, 3.8) is 0 Å². The van der Waals surface area contributed by atoms with E-state index in [-0.39, 0.29) is 29.2 Å². The lowest BCUT2D eigenvalue weighted by molar-refractivity contribution is -0.0574. The van der Waals surface area contributed by atoms with Gasteiger partial charge in [0.15, 0.2) is 23.9 Å². The quantitative estimate of drug-likeness (QED) is 0.532. The van der Waals surface area contributed by atoms with Crippen molar-refractivity contribution in [2.24, 2.45) is 0 Å². The van der Waals surface area contributed by atoms with E-state index >= 15 is 0 Å². The van der Waals surface area contributed by atoms with Gasteiger partial charge in [-0.3, -0.25) is 9.98 Å². The van der Waals surface area contributed by atoms with Crippen molar-refractivity contribution in [1.29, 1.82) is 5.41 Å². The molecule has 34 heavy (non-hydrogen) atoms. The summed E-state index contributed by atoms with van der Waals surface area (Å²) in [6.45, 7) is -0.199. The van der Waals surface area contributed by atoms with E-state index in [1.807, 2.05) is 0 Å². The zero-order valence-corrected chi connectivity index (χ0v) is 18.9. The first-order valence-corrected chi connectivity index (χ1v) is 11.0. The van der Waals surface area contributed by atoms with Gasteiger partial charge in [0.05, 0.1) is 11.1 Å². The molecule has 0 spiro atoms. The van der Waals surface area contributed by atoms with E-state index in [9.17, 15) is 9.59 Å². The second-order valence-corrected chi connectivity index (χ2v) is 8.51. The molecular weight excluding hydrogens is 485 g/mol. The number of aromatic nitrogens is 2. The molecule has 3 aromatic rings. The van der Waals surface area contributed by atoms with E-state index in [4.69, 9.17) is 47.6 Å². The summed E-state index contributed by atoms with van der Waals surface area (Å²) in [6, 6.07) is 14.3. The molecule has 5 rings (SSSR count). The summed E-state index contributed by atoms with van der Waals surface area (Å²) in [4.78, 5) is 29.4. The van der Waals surface area contributed by atoms with E-state index < -0.39 is 36.5 Å². The van der Waals surface area contributed by atoms with Crippen LogP contribution in [0.25, 0.3) is 0 Å². The number of halogens is 2. The van der Waals surface area contributed by atoms with Gasteiger partial charge in [-0.25, -0.2) is 9.59 Å². The molecule has 2 aliphatic heterocycles. The molecular formula is C23H17Cl2N3O6. The molecule has 1 fully saturated rings. The number of hydrogen-bond acceptors (Lipinski definition) is 8. The first-order valence-electron chi connectivity index (χ1n) is 10.2. The van der Waals surface area contributed by atoms with Crippen molar-refractivity contribution in [2.75, 3.05) is 6.61 Å². The van der Waals surface area contributed by atoms with Gasteiger partial charge in [0.1, 0.15) is 12.7 Å². The third-order valence-electron chi connectivity index (χ3n) is 5.37. The van der Waals surface area contributed by atoms with E-state index in [2.05, 4.69) is 4.98 Å². The van der Waals surface area contributed by atoms with Gasteiger partial charge >= 0.3 is 17.9 Å². The zero-order chi connectivity index (χ0) is 23.8. The Morgan fingerprint density at radius 3 is 2.38 bits per heavy atom. The summed E-state index contributed by atoms with van der Waals surface area (Å²) in [5, 5.41) is 8.49. The minimum atomic E-state index is -0.931. The largest absolute Gasteiger partial charge is 0.459 e. The van der Waals surface area contributed by atoms with Crippen LogP contribution in [0.2, 0.25) is 10.0 Å². The lowest BCUT2D eigenvalue weighted by Crippen LogP contribution is -2.40. The Morgan fingerprint density at radius 2 is 1.71 bits per heavy atom. The van der Waals surface area contributed by atoms with Crippen LogP contribution >= 0.6 is 23.2 Å². The van der Waals surface area contributed by atoms with Crippen LogP contribution in [0.5, 0.6) is 6.01 Å². The molecule has 11 heteroatoms. The Hall–Kier alpha value is -3.40. The maximum atomic E-state index is 12.8. The molecule has 0 radical (unpaired) electrons. The lowest BCUT2D eigenvalue weighted by Gasteiger charge is -2.22. The molecule has 9 nitrogen and oxygen atoms in total. The van der Waals surface area contributed by atoms with Crippen LogP contribution in [0.15, 0.2) is 60.8 Å². The van der Waals surface area contributed by atoms with E-state index in [1.54, 1.807) is 47.2 Å². The molecule has 0 saturated carbocycles. The molecule has 1 aromatic heterocycles. The molecule has 0 bridgehead atoms. The minimum absolute atomic E-state index is 0.0192. The monoisotopic (exact) mass is 501 g/mol. The molecule has 1 N–H and O–H groups in total. The maximum Gasteiger partial charge on any atom is 0.338 e. The average molecular weight is 502 g/mol. The molecule has 174 valence electrons. The van der Waals surface area contributed by atoms with E-state index in [0.29, 0.717) is 10.0 Å². The molecule has 3 heterocycles. The van der Waals surface area contributed by atoms with Crippen molar-refractivity contribution in [2.45, 2.75) is 24.5 Å². The first kappa shape index (κ1) is 22.4. The predicted molar refractivity (Wildman–Crippen MR) is 119 cm³/mol. The van der Waals surface area contributed by atoms with Gasteiger partial charge in [0.2, 0.25) is 0 Å². The van der Waals surface area contributed by atoms with Crippen LogP contribution in [0.1, 0.15) is 26.9 Å². The fourth-order valence-corrected chi connectivity index (χ4v) is 4.19. The highest BCUT2D eigenvalue weighted by Gasteiger charge is 2.54. The Bertz CT molecular complexity index is 1330. The molecule has 2 aromatic carbocycles. The van der Waals surface area contributed by atoms with Gasteiger partial charge in [-0.05, 0) is 42.5 Å². The zero-order valence-electron chi connectivity index (χ0n) is 17.4. The highest BCUT2D eigenvalue weighted by atomic mass is 35.5. The Balaban J connectivity index is 1.37. The van der Waals surface area contributed by atoms with Crippen molar-refractivity contribution < 1.29 is 28.5 Å². The molecule has 0 aliphatic carbocycles. The molecule has 0 unspecified atom stereocenters. The number of fused-ring (bicyclic) bond motifs is 3. The Kier molecular flexibility index (Phi) is 5.99. The van der Waals surface area contributed by atoms with Crippen LogP contribution in [0.4, 0.5) is 0 Å². The van der Waals surface area contributed by atoms with Gasteiger partial charge in [0.25, 0.3) is 0 Å². The van der Waals surface area contributed by atoms with Gasteiger partial charge in [-0.15, -0.1) is 0 Å². The summed E-state index contributed by atoms with van der Waals surface area (Å²) in [7, 11) is 0. The number of benzene rings is 2. The van der Waals surface area contributed by atoms with Gasteiger partial charge in [-0.1, -0.05) is 35.3 Å². The summed E-state index contributed by atoms with van der Waals surface area (Å²) in [5.74, 6) is -1.24. The van der Waals surface area contributed by atoms with Crippen LogP contribution in [0.3, 0.4) is 0 Å². The van der Waals surface area contributed by atoms with E-state index in [0.717, 1.165) is 0 Å². The molecule has 4 atom stereocenters. The van der Waals surface area contributed by atoms with Gasteiger partial charge in [0, 0.05) is 16.2 Å². The maximum absolute atomic E-state index is 12.8. The van der Waals surface area contributed by atoms with Gasteiger partial charge < -0.3 is 18.9 Å². The van der Waals surface area contributed by atoms with Crippen molar-refractivity contribution in [1.82, 2.24) is 9.55 Å². The lowest BCUT2D eigenvalue weighted by atomic mass is 10.1. The second kappa shape index (κ2) is 9.09. The molecule has 1 saturated heterocycles. The summed E-state index contributed by atoms with van der Waals surface area (Å²) in [6.07, 6.45) is -1.59. The predicted octanol–water partition coefficient (Wildman–Crippen LogP) is 3.41. The fourth-order valence-electron chi connectivity index (χ4n) is 3.81. The highest BCUT2D eigenvalue weighted by molar-refractivity contribution is 6.31. The van der Waals surface area contributed by atoms with Crippen molar-refractivity contribution in [3.05, 3.63) is 87.5 Å². The summed E-state index contributed by atoms with van der Waals surface area (Å²) >= 11 is 12.0. The SMILES string of the molecule is N=c1ccn2c(n1)O[C@@H]1[C@H](OC(=O)c3cccc(Cl)c3)[C@@H](COC(=O)c3cccc(Cl)c3)O[C@H]12. The van der Waals surface area contributed by atoms with Crippen LogP contribution in [-0.2, 0) is 14.2 Å². The normalized spacial score (nSPS) is 22.4. The van der Waals surface area contributed by atoms with Crippen molar-refractivity contribution >= 4 is 35.1 Å². The van der Waals surface area contributed by atoms with Gasteiger partial charge in [-0.2, -0.15) is 4.98 Å². The van der Waals surface area contributed by atoms with Crippen LogP contribution < -0.4 is 10.2 Å². The Morgan fingerprint density at radius 1 is 1.03 bits per heavy atom. The number of hydrogen-bond donors (Lipinski definition) is 1. The number of rotatable bonds is 5. The molecule has 2 aliphatic rings. The number of carbonyl (C=O) groups is 2. The third kappa shape index (κ3) is 4.37. The third-order valence-corrected chi connectivity index (χ3v) is 5.84. The van der Waals surface area contributed by atoms with Crippen LogP contribution in [0, 0.1) is 5.41 Å². The number of esters is 2. The number of nitrogens with one attached hydrogen (secondary N) is 1. The number of nitrogens with zero attached hydrogens (tertiary/aromatic N) is 2. The number of ether oxygens (including phenoxy) is 4. The standard InChI is InChI=1S/C23H17Cl2N3O6/c24-14-5-1-3-12(9-14)21(29)31-11-16-18(33-22(30)13-4-2-6-15(25)10-13)19-20(32-16)28-8-7-17(26)27-23(28)34-19/h1-10,16,18-20,26H,11H2/t16-,18-,19-,20-/m1/s1. The van der Waals surface area contributed by atoms with Crippen LogP contribution in [-0.4, -0.2) is 46.4 Å². The topological polar surface area (TPSA) is 113 Å². The Labute approximate surface area is 203 Å². The van der Waals surface area contributed by atoms with E-state index in [1.165, 1.54) is 18.2 Å². The number of carbonyl (C=O) groups excluding carboxylic acids is 2. The van der Waals surface area contributed by atoms with Crippen molar-refractivity contribution in [3.8, 4) is 6.01 Å².